The summed E-state index contributed by atoms with van der Waals surface area (Å²) in [7, 11) is -24.5. The van der Waals surface area contributed by atoms with Gasteiger partial charge in [0.1, 0.15) is 0 Å². The summed E-state index contributed by atoms with van der Waals surface area (Å²) >= 11 is 0. The van der Waals surface area contributed by atoms with Crippen molar-refractivity contribution in [2.45, 2.75) is 98.3 Å². The topological polar surface area (TPSA) is 173 Å². The van der Waals surface area contributed by atoms with Gasteiger partial charge in [0.2, 0.25) is 0 Å². The summed E-state index contributed by atoms with van der Waals surface area (Å²) in [5, 5.41) is -16.6. The van der Waals surface area contributed by atoms with Gasteiger partial charge in [0, 0.05) is 0 Å². The molecular formula is C16H18F18O12S4. The molecule has 0 rings (SSSR count). The molecule has 0 aromatic rings. The van der Waals surface area contributed by atoms with E-state index in [1.807, 2.05) is 0 Å². The van der Waals surface area contributed by atoms with E-state index in [9.17, 15) is 113 Å². The molecule has 0 saturated heterocycles. The zero-order chi connectivity index (χ0) is 41.3. The molecule has 0 amide bonds. The van der Waals surface area contributed by atoms with Crippen molar-refractivity contribution in [3.8, 4) is 0 Å². The van der Waals surface area contributed by atoms with E-state index in [2.05, 4.69) is 16.7 Å². The van der Waals surface area contributed by atoms with Gasteiger partial charge in [0.25, 0.3) is 51.0 Å². The molecule has 0 aromatic heterocycles. The molecule has 2 unspecified atom stereocenters. The fraction of sp³-hybridized carbons (Fsp3) is 1.00. The SMILES string of the molecule is CC(OS(=O)(=O)C(C(F)(F)F)C(F)(F)F)OS(=O)(=O)C(C(F)(F)F)C(F)(F)F.CC(OS(=O)(=O)C(C)C(F)(F)F)OS(=O)(=O)C(C)C(F)(F)F. The van der Waals surface area contributed by atoms with Gasteiger partial charge in [0.05, 0.1) is 0 Å². The van der Waals surface area contributed by atoms with Crippen LogP contribution in [0.3, 0.4) is 0 Å². The summed E-state index contributed by atoms with van der Waals surface area (Å²) in [5.41, 5.74) is 0. The maximum Gasteiger partial charge on any atom is 0.416 e. The minimum absolute atomic E-state index is 0.164. The zero-order valence-corrected chi connectivity index (χ0v) is 27.1. The van der Waals surface area contributed by atoms with E-state index < -0.39 is 111 Å². The Hall–Kier alpha value is -1.62. The highest BCUT2D eigenvalue weighted by Crippen LogP contribution is 2.41. The van der Waals surface area contributed by atoms with E-state index in [1.165, 1.54) is 0 Å². The molecular weight excluding hydrogens is 854 g/mol. The van der Waals surface area contributed by atoms with Crippen molar-refractivity contribution in [3.05, 3.63) is 0 Å². The van der Waals surface area contributed by atoms with Crippen molar-refractivity contribution in [2.75, 3.05) is 0 Å². The van der Waals surface area contributed by atoms with Gasteiger partial charge in [-0.15, -0.1) is 0 Å². The van der Waals surface area contributed by atoms with Crippen LogP contribution in [0.25, 0.3) is 0 Å². The van der Waals surface area contributed by atoms with Crippen molar-refractivity contribution in [1.29, 1.82) is 0 Å². The smallest absolute Gasteiger partial charge is 0.237 e. The minimum atomic E-state index is -6.91. The maximum absolute atomic E-state index is 12.3. The van der Waals surface area contributed by atoms with Crippen LogP contribution in [0.15, 0.2) is 0 Å². The van der Waals surface area contributed by atoms with E-state index in [1.54, 1.807) is 0 Å². The highest BCUT2D eigenvalue weighted by Gasteiger charge is 2.67. The van der Waals surface area contributed by atoms with Crippen molar-refractivity contribution < 1.29 is 129 Å². The largest absolute Gasteiger partial charge is 0.416 e. The lowest BCUT2D eigenvalue weighted by Crippen LogP contribution is -2.51. The van der Waals surface area contributed by atoms with Gasteiger partial charge in [-0.05, 0) is 27.7 Å². The first-order valence-corrected chi connectivity index (χ1v) is 17.2. The Morgan fingerprint density at radius 1 is 0.320 bits per heavy atom. The van der Waals surface area contributed by atoms with Crippen molar-refractivity contribution in [2.24, 2.45) is 0 Å². The first-order chi connectivity index (χ1) is 21.2. The number of hydrogen-bond acceptors (Lipinski definition) is 12. The molecule has 0 saturated carbocycles. The van der Waals surface area contributed by atoms with Crippen LogP contribution in [-0.4, -0.2) is 104 Å². The van der Waals surface area contributed by atoms with E-state index in [4.69, 9.17) is 0 Å². The van der Waals surface area contributed by atoms with Gasteiger partial charge in [-0.1, -0.05) is 0 Å². The van der Waals surface area contributed by atoms with Gasteiger partial charge in [0.15, 0.2) is 23.1 Å². The molecule has 50 heavy (non-hydrogen) atoms. The average Bonchev–Trinajstić information content (AvgIpc) is 2.69. The van der Waals surface area contributed by atoms with Crippen LogP contribution in [0.2, 0.25) is 0 Å². The molecule has 2 atom stereocenters. The minimum Gasteiger partial charge on any atom is -0.237 e. The van der Waals surface area contributed by atoms with E-state index >= 15 is 0 Å². The summed E-state index contributed by atoms with van der Waals surface area (Å²) in [6, 6.07) is 0. The fourth-order valence-corrected chi connectivity index (χ4v) is 6.71. The van der Waals surface area contributed by atoms with Gasteiger partial charge in [-0.3, -0.25) is 0 Å². The van der Waals surface area contributed by atoms with E-state index in [0.717, 1.165) is 0 Å². The Morgan fingerprint density at radius 2 is 0.480 bits per heavy atom. The Morgan fingerprint density at radius 3 is 0.620 bits per heavy atom. The van der Waals surface area contributed by atoms with Crippen molar-refractivity contribution >= 4 is 40.5 Å². The summed E-state index contributed by atoms with van der Waals surface area (Å²) in [6.45, 7) is 0.799. The Bertz CT molecular complexity index is 1410. The predicted octanol–water partition coefficient (Wildman–Crippen LogP) is 4.94. The molecule has 0 spiro atoms. The lowest BCUT2D eigenvalue weighted by molar-refractivity contribution is -0.228. The maximum atomic E-state index is 12.3. The molecule has 0 radical (unpaired) electrons. The zero-order valence-electron chi connectivity index (χ0n) is 23.8. The molecule has 34 heteroatoms. The molecule has 304 valence electrons. The number of rotatable bonds is 12. The Kier molecular flexibility index (Phi) is 15.9. The summed E-state index contributed by atoms with van der Waals surface area (Å²) in [6.07, 6.45) is -42.6. The summed E-state index contributed by atoms with van der Waals surface area (Å²) < 4.78 is 324. The van der Waals surface area contributed by atoms with Crippen LogP contribution in [0, 0.1) is 0 Å². The number of hydrogen-bond donors (Lipinski definition) is 0. The molecule has 0 bridgehead atoms. The Labute approximate surface area is 268 Å². The van der Waals surface area contributed by atoms with Crippen LogP contribution < -0.4 is 0 Å². The second kappa shape index (κ2) is 15.8. The molecule has 0 heterocycles. The summed E-state index contributed by atoms with van der Waals surface area (Å²) in [4.78, 5) is 0. The lowest BCUT2D eigenvalue weighted by atomic mass is 10.4. The lowest BCUT2D eigenvalue weighted by Gasteiger charge is -2.26. The van der Waals surface area contributed by atoms with Gasteiger partial charge in [-0.2, -0.15) is 113 Å². The third kappa shape index (κ3) is 15.5. The highest BCUT2D eigenvalue weighted by atomic mass is 32.2. The van der Waals surface area contributed by atoms with Crippen LogP contribution in [0.1, 0.15) is 27.7 Å². The molecule has 0 aliphatic heterocycles. The van der Waals surface area contributed by atoms with Crippen LogP contribution in [0.5, 0.6) is 0 Å². The monoisotopic (exact) mass is 872 g/mol. The molecule has 0 fully saturated rings. The first kappa shape index (κ1) is 50.5. The first-order valence-electron chi connectivity index (χ1n) is 11.3. The standard InChI is InChI=1S/C8H6F12O6S2.C8H12F6O6S2/c1-2(25-27(21,22)3(5(9,10)11)6(12,13)14)26-28(23,24)4(7(15,16)17)8(18,19)20;1-4(7(9,10)11)21(15,16)19-6(3)20-22(17,18)5(2)8(12,13)14/h2-4H,1H3;4-6H,1-3H3. The van der Waals surface area contributed by atoms with Crippen LogP contribution in [-0.2, 0) is 57.2 Å². The molecule has 0 aromatic carbocycles. The Balaban J connectivity index is 0. The number of alkyl halides is 18. The second-order valence-electron chi connectivity index (χ2n) is 8.79. The van der Waals surface area contributed by atoms with Gasteiger partial charge in [-0.25, -0.2) is 16.7 Å². The van der Waals surface area contributed by atoms with Crippen LogP contribution >= 0.6 is 0 Å². The van der Waals surface area contributed by atoms with Gasteiger partial charge >= 0.3 is 37.1 Å². The quantitative estimate of drug-likeness (QED) is 0.147. The molecule has 0 N–H and O–H groups in total. The summed E-state index contributed by atoms with van der Waals surface area (Å²) in [5.74, 6) is 0. The van der Waals surface area contributed by atoms with Crippen molar-refractivity contribution in [1.82, 2.24) is 0 Å². The second-order valence-corrected chi connectivity index (χ2v) is 15.9. The number of halogens is 18. The average molecular weight is 873 g/mol. The fourth-order valence-electron chi connectivity index (χ4n) is 2.42. The van der Waals surface area contributed by atoms with Crippen LogP contribution in [0.4, 0.5) is 79.0 Å². The van der Waals surface area contributed by atoms with E-state index in [0.29, 0.717) is 6.92 Å². The van der Waals surface area contributed by atoms with Crippen molar-refractivity contribution in [3.63, 3.8) is 0 Å². The third-order valence-electron chi connectivity index (χ3n) is 4.63. The predicted molar refractivity (Wildman–Crippen MR) is 122 cm³/mol. The van der Waals surface area contributed by atoms with Gasteiger partial charge < -0.3 is 0 Å². The molecule has 0 aliphatic carbocycles. The highest BCUT2D eigenvalue weighted by molar-refractivity contribution is 7.88. The third-order valence-corrected chi connectivity index (χ3v) is 11.3. The van der Waals surface area contributed by atoms with E-state index in [-0.39, 0.29) is 20.8 Å². The molecule has 0 aliphatic rings. The normalized spacial score (nSPS) is 17.1. The molecule has 12 nitrogen and oxygen atoms in total.